The van der Waals surface area contributed by atoms with Gasteiger partial charge >= 0.3 is 0 Å². The van der Waals surface area contributed by atoms with Gasteiger partial charge in [-0.05, 0) is 211 Å². The van der Waals surface area contributed by atoms with E-state index in [1.165, 1.54) is 161 Å². The molecule has 6 heterocycles. The first-order valence-electron chi connectivity index (χ1n) is 38.7. The third-order valence-corrected chi connectivity index (χ3v) is 27.2. The summed E-state index contributed by atoms with van der Waals surface area (Å²) in [7, 11) is 0. The number of aromatic nitrogens is 3. The molecule has 2 aliphatic carbocycles. The van der Waals surface area contributed by atoms with E-state index in [9.17, 15) is 0 Å². The van der Waals surface area contributed by atoms with E-state index >= 15 is 0 Å². The second kappa shape index (κ2) is 26.6. The van der Waals surface area contributed by atoms with Crippen molar-refractivity contribution in [1.29, 1.82) is 0 Å². The van der Waals surface area contributed by atoms with Crippen LogP contribution in [0.3, 0.4) is 0 Å². The fraction of sp³-hybridized carbons (Fsp3) is 0.0571. The van der Waals surface area contributed by atoms with Gasteiger partial charge in [-0.2, -0.15) is 0 Å². The van der Waals surface area contributed by atoms with Crippen molar-refractivity contribution in [2.75, 3.05) is 0 Å². The molecular formula is C105H69N3O3S3. The predicted molar refractivity (Wildman–Crippen MR) is 478 cm³/mol. The van der Waals surface area contributed by atoms with Gasteiger partial charge in [0.25, 0.3) is 0 Å². The number of oxazole rings is 3. The molecule has 2 aliphatic rings. The molecule has 6 aromatic heterocycles. The largest absolute Gasteiger partial charge is 0.436 e. The van der Waals surface area contributed by atoms with Gasteiger partial charge in [0.2, 0.25) is 17.7 Å². The molecule has 114 heavy (non-hydrogen) atoms. The first-order valence-corrected chi connectivity index (χ1v) is 41.1. The number of hydrogen-bond donors (Lipinski definition) is 0. The smallest absolute Gasteiger partial charge is 0.227 e. The van der Waals surface area contributed by atoms with Crippen LogP contribution in [0, 0.1) is 13.8 Å². The molecule has 0 aliphatic heterocycles. The van der Waals surface area contributed by atoms with Gasteiger partial charge in [-0.25, -0.2) is 15.0 Å². The van der Waals surface area contributed by atoms with Crippen molar-refractivity contribution in [3.8, 4) is 90.0 Å². The SMILES string of the molecule is CC1(C)c2cc(-c3nc4ccccc4o3)ccc2-c2ccc(-c3cccc4c3sc3ccccc34)cc21.Cc1cc(-c2cccc3c2sc2ccccc23)c(C)cc1-c1nc2ccccc2o1.c1ccc(C2(c3ccccc3)c3cc(-c4nc5ccccc5o4)ccc3-c3ccc(-c4cccc5c4sc4ccccc45)cc32)cc1. The van der Waals surface area contributed by atoms with E-state index in [0.29, 0.717) is 17.7 Å². The monoisotopic (exact) mass is 1520 g/mol. The molecule has 0 bridgehead atoms. The minimum Gasteiger partial charge on any atom is -0.436 e. The fourth-order valence-electron chi connectivity index (χ4n) is 18.1. The first kappa shape index (κ1) is 67.5. The van der Waals surface area contributed by atoms with Crippen molar-refractivity contribution in [2.45, 2.75) is 38.5 Å². The maximum absolute atomic E-state index is 6.30. The Balaban J connectivity index is 0.000000107. The zero-order valence-corrected chi connectivity index (χ0v) is 65.1. The molecule has 0 radical (unpaired) electrons. The molecule has 0 fully saturated rings. The van der Waals surface area contributed by atoms with Crippen molar-refractivity contribution in [3.63, 3.8) is 0 Å². The van der Waals surface area contributed by atoms with E-state index in [-0.39, 0.29) is 5.41 Å². The second-order valence-corrected chi connectivity index (χ2v) is 33.6. The Morgan fingerprint density at radius 2 is 0.570 bits per heavy atom. The summed E-state index contributed by atoms with van der Waals surface area (Å²) >= 11 is 5.64. The molecule has 6 nitrogen and oxygen atoms in total. The number of thiophene rings is 3. The van der Waals surface area contributed by atoms with Crippen LogP contribution < -0.4 is 0 Å². The topological polar surface area (TPSA) is 78.1 Å². The Morgan fingerprint density at radius 1 is 0.246 bits per heavy atom. The zero-order valence-electron chi connectivity index (χ0n) is 62.7. The highest BCUT2D eigenvalue weighted by molar-refractivity contribution is 7.27. The molecule has 24 rings (SSSR count). The lowest BCUT2D eigenvalue weighted by Gasteiger charge is -2.34. The Labute approximate surface area is 669 Å². The van der Waals surface area contributed by atoms with Crippen LogP contribution in [0.15, 0.2) is 359 Å². The minimum atomic E-state index is -0.542. The zero-order chi connectivity index (χ0) is 75.9. The first-order chi connectivity index (χ1) is 56.0. The fourth-order valence-corrected chi connectivity index (χ4v) is 21.8. The summed E-state index contributed by atoms with van der Waals surface area (Å²) in [6, 6.07) is 124. The number of nitrogens with zero attached hydrogens (tertiary/aromatic N) is 3. The summed E-state index contributed by atoms with van der Waals surface area (Å²) in [5.41, 5.74) is 30.3. The Hall–Kier alpha value is -13.4. The van der Waals surface area contributed by atoms with Gasteiger partial charge in [0.1, 0.15) is 16.6 Å². The van der Waals surface area contributed by atoms with E-state index < -0.39 is 5.41 Å². The van der Waals surface area contributed by atoms with Crippen LogP contribution in [0.2, 0.25) is 0 Å². The van der Waals surface area contributed by atoms with Crippen LogP contribution in [0.1, 0.15) is 58.4 Å². The standard InChI is InChI=1S/C44H27NOS.C34H23NOS.C27H19NOS/c1-3-12-30(13-4-1)44(31-14-5-2-6-15-31)37-26-28(32-17-11-18-36-35-16-7-10-21-41(35)47-42(32)36)22-24-33(37)34-25-23-29(27-38(34)44)43-45-39-19-8-9-20-40(39)46-43;1-34(2)27-18-20(22-9-7-10-26-25-8-3-6-13-31(25)37-32(22)26)14-16-23(27)24-17-15-21(19-28(24)34)33-35-29-11-4-5-12-30(29)36-33;1-16-15-22(27-28-23-11-4-5-12-24(23)29-27)17(2)14-21(16)20-10-7-9-19-18-8-3-6-13-25(18)30-26(19)20/h1-27H;3-19H,1-2H3;3-15H,1-2H3. The molecule has 540 valence electrons. The summed E-state index contributed by atoms with van der Waals surface area (Å²) in [4.78, 5) is 14.3. The number of aryl methyl sites for hydroxylation is 2. The number of benzene rings is 16. The molecule has 0 N–H and O–H groups in total. The van der Waals surface area contributed by atoms with E-state index in [1.807, 2.05) is 107 Å². The van der Waals surface area contributed by atoms with Gasteiger partial charge in [0, 0.05) is 82.6 Å². The molecule has 9 heteroatoms. The number of hydrogen-bond acceptors (Lipinski definition) is 9. The molecule has 0 amide bonds. The van der Waals surface area contributed by atoms with E-state index in [2.05, 4.69) is 301 Å². The summed E-state index contributed by atoms with van der Waals surface area (Å²) in [5, 5.41) is 7.96. The van der Waals surface area contributed by atoms with Crippen LogP contribution in [0.5, 0.6) is 0 Å². The summed E-state index contributed by atoms with van der Waals surface area (Å²) < 4.78 is 26.4. The number of rotatable bonds is 8. The van der Waals surface area contributed by atoms with Crippen molar-refractivity contribution in [1.82, 2.24) is 15.0 Å². The van der Waals surface area contributed by atoms with Gasteiger partial charge in [-0.15, -0.1) is 34.0 Å². The lowest BCUT2D eigenvalue weighted by Crippen LogP contribution is -2.28. The van der Waals surface area contributed by atoms with Crippen molar-refractivity contribution < 1.29 is 13.3 Å². The van der Waals surface area contributed by atoms with Crippen LogP contribution >= 0.6 is 34.0 Å². The molecule has 0 saturated heterocycles. The molecule has 16 aromatic carbocycles. The van der Waals surface area contributed by atoms with Crippen LogP contribution in [-0.4, -0.2) is 15.0 Å². The summed E-state index contributed by atoms with van der Waals surface area (Å²) in [5.74, 6) is 1.99. The van der Waals surface area contributed by atoms with Gasteiger partial charge in [0.05, 0.1) is 5.41 Å². The van der Waals surface area contributed by atoms with Gasteiger partial charge in [0.15, 0.2) is 16.7 Å². The van der Waals surface area contributed by atoms with Gasteiger partial charge in [-0.3, -0.25) is 0 Å². The van der Waals surface area contributed by atoms with Crippen LogP contribution in [0.25, 0.3) is 184 Å². The summed E-state index contributed by atoms with van der Waals surface area (Å²) in [6.07, 6.45) is 0. The third-order valence-electron chi connectivity index (χ3n) is 23.5. The lowest BCUT2D eigenvalue weighted by molar-refractivity contribution is 0.618. The highest BCUT2D eigenvalue weighted by Gasteiger charge is 2.47. The Bertz CT molecular complexity index is 7500. The van der Waals surface area contributed by atoms with Gasteiger partial charge in [-0.1, -0.05) is 263 Å². The van der Waals surface area contributed by atoms with E-state index in [4.69, 9.17) is 28.2 Å². The van der Waals surface area contributed by atoms with Gasteiger partial charge < -0.3 is 13.3 Å². The van der Waals surface area contributed by atoms with Crippen molar-refractivity contribution in [3.05, 3.63) is 390 Å². The average Bonchev–Trinajstić information content (AvgIpc) is 1.52. The lowest BCUT2D eigenvalue weighted by atomic mass is 9.67. The quantitative estimate of drug-likeness (QED) is 0.151. The molecule has 0 spiro atoms. The van der Waals surface area contributed by atoms with Crippen molar-refractivity contribution >= 4 is 128 Å². The maximum Gasteiger partial charge on any atom is 0.227 e. The number of fused-ring (bicyclic) bond motifs is 18. The highest BCUT2D eigenvalue weighted by Crippen LogP contribution is 2.59. The molecule has 0 unspecified atom stereocenters. The second-order valence-electron chi connectivity index (χ2n) is 30.4. The molecule has 0 atom stereocenters. The predicted octanol–water partition coefficient (Wildman–Crippen LogP) is 29.9. The normalized spacial score (nSPS) is 13.1. The third kappa shape index (κ3) is 10.8. The Morgan fingerprint density at radius 3 is 1.03 bits per heavy atom. The summed E-state index contributed by atoms with van der Waals surface area (Å²) in [6.45, 7) is 8.97. The van der Waals surface area contributed by atoms with E-state index in [1.54, 1.807) is 0 Å². The molecule has 0 saturated carbocycles. The van der Waals surface area contributed by atoms with Crippen molar-refractivity contribution in [2.24, 2.45) is 0 Å². The van der Waals surface area contributed by atoms with E-state index in [0.717, 1.165) is 50.0 Å². The minimum absolute atomic E-state index is 0.128. The average molecular weight is 1520 g/mol. The maximum atomic E-state index is 6.30. The van der Waals surface area contributed by atoms with Crippen LogP contribution in [0.4, 0.5) is 0 Å². The van der Waals surface area contributed by atoms with Crippen LogP contribution in [-0.2, 0) is 10.8 Å². The number of para-hydroxylation sites is 6. The molecule has 22 aromatic rings. The Kier molecular flexibility index (Phi) is 15.8. The highest BCUT2D eigenvalue weighted by atomic mass is 32.1. The molecular weight excluding hydrogens is 1450 g/mol.